The van der Waals surface area contributed by atoms with E-state index in [1.165, 1.54) is 11.9 Å². The second-order valence-electron chi connectivity index (χ2n) is 7.00. The van der Waals surface area contributed by atoms with Crippen LogP contribution in [0.25, 0.3) is 0 Å². The van der Waals surface area contributed by atoms with E-state index in [1.54, 1.807) is 24.3 Å². The van der Waals surface area contributed by atoms with Gasteiger partial charge in [0.2, 0.25) is 0 Å². The Morgan fingerprint density at radius 2 is 1.61 bits per heavy atom. The van der Waals surface area contributed by atoms with E-state index in [-0.39, 0.29) is 10.3 Å². The maximum Gasteiger partial charge on any atom is 0.461 e. The Kier molecular flexibility index (Phi) is 7.38. The third kappa shape index (κ3) is 6.63. The molecule has 0 aliphatic rings. The average Bonchev–Trinajstić information content (AvgIpc) is 2.54. The van der Waals surface area contributed by atoms with Crippen LogP contribution in [-0.2, 0) is 0 Å². The first-order valence-corrected chi connectivity index (χ1v) is 9.83. The second-order valence-corrected chi connectivity index (χ2v) is 9.58. The van der Waals surface area contributed by atoms with Gasteiger partial charge in [-0.2, -0.15) is 17.6 Å². The van der Waals surface area contributed by atoms with Gasteiger partial charge >= 0.3 is 12.5 Å². The molecule has 0 saturated heterocycles. The third-order valence-corrected chi connectivity index (χ3v) is 4.92. The molecule has 2 nitrogen and oxygen atoms in total. The summed E-state index contributed by atoms with van der Waals surface area (Å²) in [5.74, 6) is -1.55. The third-order valence-electron chi connectivity index (χ3n) is 3.42. The molecule has 0 heterocycles. The molecule has 0 unspecified atom stereocenters. The molecule has 9 heteroatoms. The summed E-state index contributed by atoms with van der Waals surface area (Å²) in [6, 6.07) is 9.47. The highest BCUT2D eigenvalue weighted by atomic mass is 79.9. The van der Waals surface area contributed by atoms with Crippen LogP contribution in [0.3, 0.4) is 0 Å². The lowest BCUT2D eigenvalue weighted by Crippen LogP contribution is -2.33. The van der Waals surface area contributed by atoms with E-state index in [0.717, 1.165) is 22.2 Å². The van der Waals surface area contributed by atoms with Crippen molar-refractivity contribution in [3.8, 4) is 5.75 Å². The predicted octanol–water partition coefficient (Wildman–Crippen LogP) is 6.95. The number of alkyl halides is 4. The Morgan fingerprint density at radius 1 is 1.00 bits per heavy atom. The Balaban J connectivity index is 2.42. The number of benzene rings is 2. The van der Waals surface area contributed by atoms with E-state index in [1.807, 2.05) is 20.8 Å². The van der Waals surface area contributed by atoms with Gasteiger partial charge in [-0.1, -0.05) is 40.0 Å². The van der Waals surface area contributed by atoms with Gasteiger partial charge in [0.05, 0.1) is 6.04 Å². The van der Waals surface area contributed by atoms with E-state index in [2.05, 4.69) is 25.4 Å². The van der Waals surface area contributed by atoms with Crippen molar-refractivity contribution in [1.29, 1.82) is 0 Å². The molecular formula is C19H19BrF5NOS. The molecule has 28 heavy (non-hydrogen) atoms. The molecule has 0 aliphatic heterocycles. The van der Waals surface area contributed by atoms with E-state index >= 15 is 0 Å². The molecule has 0 aliphatic carbocycles. The van der Waals surface area contributed by atoms with Gasteiger partial charge in [0, 0.05) is 15.3 Å². The molecule has 0 bridgehead atoms. The molecule has 0 fully saturated rings. The number of rotatable bonds is 7. The van der Waals surface area contributed by atoms with Crippen molar-refractivity contribution in [2.24, 2.45) is 0 Å². The summed E-state index contributed by atoms with van der Waals surface area (Å²) in [5, 5.41) is 0. The first-order valence-electron chi connectivity index (χ1n) is 8.22. The SMILES string of the molecule is CC(C)(C)SN[C@H](c1ccc(Br)cc1)c1cc(F)cc(OC(F)(F)C(F)F)c1. The number of nitrogens with one attached hydrogen (secondary N) is 1. The number of ether oxygens (including phenoxy) is 1. The quantitative estimate of drug-likeness (QED) is 0.340. The summed E-state index contributed by atoms with van der Waals surface area (Å²) < 4.78 is 73.3. The van der Waals surface area contributed by atoms with Crippen LogP contribution < -0.4 is 9.46 Å². The molecule has 2 aromatic carbocycles. The highest BCUT2D eigenvalue weighted by Crippen LogP contribution is 2.34. The van der Waals surface area contributed by atoms with Crippen LogP contribution in [0.15, 0.2) is 46.9 Å². The zero-order valence-corrected chi connectivity index (χ0v) is 17.7. The van der Waals surface area contributed by atoms with Crippen LogP contribution in [0, 0.1) is 5.82 Å². The average molecular weight is 484 g/mol. The van der Waals surface area contributed by atoms with Crippen LogP contribution in [0.5, 0.6) is 5.75 Å². The van der Waals surface area contributed by atoms with E-state index in [9.17, 15) is 22.0 Å². The van der Waals surface area contributed by atoms with E-state index in [0.29, 0.717) is 6.07 Å². The normalized spacial score (nSPS) is 13.6. The molecule has 0 saturated carbocycles. The standard InChI is InChI=1S/C19H19BrF5NOS/c1-18(2,3)28-26-16(11-4-6-13(20)7-5-11)12-8-14(21)10-15(9-12)27-19(24,25)17(22)23/h4-10,16-17,26H,1-3H3/t16-/m1/s1. The molecule has 2 rings (SSSR count). The van der Waals surface area contributed by atoms with Gasteiger partial charge < -0.3 is 4.74 Å². The molecule has 0 spiro atoms. The Morgan fingerprint density at radius 3 is 2.14 bits per heavy atom. The van der Waals surface area contributed by atoms with Crippen molar-refractivity contribution in [3.63, 3.8) is 0 Å². The summed E-state index contributed by atoms with van der Waals surface area (Å²) in [6.45, 7) is 5.89. The molecule has 1 N–H and O–H groups in total. The fraction of sp³-hybridized carbons (Fsp3) is 0.368. The second kappa shape index (κ2) is 9.00. The maximum atomic E-state index is 14.1. The lowest BCUT2D eigenvalue weighted by Gasteiger charge is -2.25. The Bertz CT molecular complexity index is 796. The molecule has 1 atom stereocenters. The van der Waals surface area contributed by atoms with Crippen molar-refractivity contribution in [1.82, 2.24) is 4.72 Å². The van der Waals surface area contributed by atoms with Crippen LogP contribution in [0.1, 0.15) is 37.9 Å². The molecule has 154 valence electrons. The highest BCUT2D eigenvalue weighted by Gasteiger charge is 2.44. The lowest BCUT2D eigenvalue weighted by atomic mass is 9.99. The number of halogens is 6. The topological polar surface area (TPSA) is 21.3 Å². The summed E-state index contributed by atoms with van der Waals surface area (Å²) in [5.41, 5.74) is 0.997. The molecule has 0 radical (unpaired) electrons. The largest absolute Gasteiger partial charge is 0.461 e. The first-order chi connectivity index (χ1) is 12.9. The molecular weight excluding hydrogens is 465 g/mol. The summed E-state index contributed by atoms with van der Waals surface area (Å²) in [4.78, 5) is 0. The Hall–Kier alpha value is -1.32. The first kappa shape index (κ1) is 23.0. The number of hydrogen-bond donors (Lipinski definition) is 1. The maximum absolute atomic E-state index is 14.1. The van der Waals surface area contributed by atoms with Crippen molar-refractivity contribution in [2.75, 3.05) is 0 Å². The van der Waals surface area contributed by atoms with Gasteiger partial charge in [0.25, 0.3) is 0 Å². The zero-order chi connectivity index (χ0) is 21.1. The van der Waals surface area contributed by atoms with Crippen LogP contribution in [0.4, 0.5) is 22.0 Å². The summed E-state index contributed by atoms with van der Waals surface area (Å²) in [7, 11) is 0. The van der Waals surface area contributed by atoms with Crippen LogP contribution in [0.2, 0.25) is 0 Å². The highest BCUT2D eigenvalue weighted by molar-refractivity contribution is 9.10. The molecule has 0 amide bonds. The van der Waals surface area contributed by atoms with Crippen molar-refractivity contribution in [2.45, 2.75) is 44.1 Å². The van der Waals surface area contributed by atoms with Crippen LogP contribution >= 0.6 is 27.9 Å². The van der Waals surface area contributed by atoms with Gasteiger partial charge in [-0.05, 0) is 56.2 Å². The fourth-order valence-corrected chi connectivity index (χ4v) is 3.24. The van der Waals surface area contributed by atoms with Gasteiger partial charge in [-0.25, -0.2) is 4.39 Å². The van der Waals surface area contributed by atoms with Gasteiger partial charge in [-0.3, -0.25) is 4.72 Å². The number of hydrogen-bond acceptors (Lipinski definition) is 3. The monoisotopic (exact) mass is 483 g/mol. The summed E-state index contributed by atoms with van der Waals surface area (Å²) in [6.07, 6.45) is -8.75. The minimum Gasteiger partial charge on any atom is -0.428 e. The van der Waals surface area contributed by atoms with E-state index in [4.69, 9.17) is 0 Å². The zero-order valence-electron chi connectivity index (χ0n) is 15.3. The fourth-order valence-electron chi connectivity index (χ4n) is 2.23. The van der Waals surface area contributed by atoms with Gasteiger partial charge in [-0.15, -0.1) is 0 Å². The van der Waals surface area contributed by atoms with Crippen molar-refractivity contribution < 1.29 is 26.7 Å². The van der Waals surface area contributed by atoms with Gasteiger partial charge in [0.1, 0.15) is 11.6 Å². The minimum atomic E-state index is -4.72. The Labute approximate surface area is 173 Å². The van der Waals surface area contributed by atoms with Crippen molar-refractivity contribution in [3.05, 3.63) is 63.9 Å². The minimum absolute atomic E-state index is 0.191. The van der Waals surface area contributed by atoms with E-state index < -0.39 is 30.1 Å². The smallest absolute Gasteiger partial charge is 0.428 e. The molecule has 0 aromatic heterocycles. The van der Waals surface area contributed by atoms with Gasteiger partial charge in [0.15, 0.2) is 0 Å². The summed E-state index contributed by atoms with van der Waals surface area (Å²) >= 11 is 4.70. The van der Waals surface area contributed by atoms with Crippen molar-refractivity contribution >= 4 is 27.9 Å². The molecule has 2 aromatic rings. The predicted molar refractivity (Wildman–Crippen MR) is 104 cm³/mol. The lowest BCUT2D eigenvalue weighted by molar-refractivity contribution is -0.253. The van der Waals surface area contributed by atoms with Crippen LogP contribution in [-0.4, -0.2) is 17.3 Å².